The normalized spacial score (nSPS) is 15.0. The van der Waals surface area contributed by atoms with E-state index < -0.39 is 11.2 Å². The number of ether oxygens (including phenoxy) is 1. The first-order valence-corrected chi connectivity index (χ1v) is 8.45. The molecule has 2 aromatic rings. The number of thiazole rings is 1. The number of carbonyl (C=O) groups is 1. The number of hydrogen-bond donors (Lipinski definition) is 3. The van der Waals surface area contributed by atoms with Crippen molar-refractivity contribution >= 4 is 28.1 Å². The van der Waals surface area contributed by atoms with Crippen LogP contribution in [0.2, 0.25) is 0 Å². The number of nitrogens with zero attached hydrogens (tertiary/aromatic N) is 1. The lowest BCUT2D eigenvalue weighted by Gasteiger charge is -2.15. The lowest BCUT2D eigenvalue weighted by molar-refractivity contribution is -0.122. The van der Waals surface area contributed by atoms with Gasteiger partial charge in [0.1, 0.15) is 16.7 Å². The van der Waals surface area contributed by atoms with E-state index in [1.165, 1.54) is 36.8 Å². The van der Waals surface area contributed by atoms with Crippen LogP contribution in [0.5, 0.6) is 5.19 Å². The number of methoxy groups -OCH3 is 1. The van der Waals surface area contributed by atoms with Crippen molar-refractivity contribution in [2.24, 2.45) is 0 Å². The summed E-state index contributed by atoms with van der Waals surface area (Å²) >= 11 is 1.32. The van der Waals surface area contributed by atoms with E-state index in [0.717, 1.165) is 5.00 Å². The van der Waals surface area contributed by atoms with Crippen molar-refractivity contribution in [2.75, 3.05) is 12.4 Å². The van der Waals surface area contributed by atoms with Crippen molar-refractivity contribution in [2.45, 2.75) is 18.3 Å². The zero-order valence-electron chi connectivity index (χ0n) is 13.5. The van der Waals surface area contributed by atoms with Crippen LogP contribution in [0, 0.1) is 11.2 Å². The molecule has 8 heteroatoms. The van der Waals surface area contributed by atoms with Gasteiger partial charge in [-0.05, 0) is 25.0 Å². The lowest BCUT2D eigenvalue weighted by atomic mass is 9.94. The smallest absolute Gasteiger partial charge is 0.274 e. The summed E-state index contributed by atoms with van der Waals surface area (Å²) in [6.07, 6.45) is 5.71. The fourth-order valence-corrected chi connectivity index (χ4v) is 3.11. The Hall–Kier alpha value is -2.74. The second kappa shape index (κ2) is 7.02. The van der Waals surface area contributed by atoms with Crippen molar-refractivity contribution in [3.63, 3.8) is 0 Å². The first-order valence-electron chi connectivity index (χ1n) is 7.63. The molecule has 1 saturated carbocycles. The molecule has 3 N–H and O–H groups in total. The van der Waals surface area contributed by atoms with Crippen molar-refractivity contribution in [3.05, 3.63) is 54.1 Å². The van der Waals surface area contributed by atoms with Crippen molar-refractivity contribution in [3.8, 4) is 5.19 Å². The molecule has 0 spiro atoms. The summed E-state index contributed by atoms with van der Waals surface area (Å²) < 4.78 is 19.0. The predicted molar refractivity (Wildman–Crippen MR) is 94.6 cm³/mol. The Morgan fingerprint density at radius 2 is 2.20 bits per heavy atom. The first-order chi connectivity index (χ1) is 12.0. The fraction of sp³-hybridized carbons (Fsp3) is 0.235. The summed E-state index contributed by atoms with van der Waals surface area (Å²) in [5.41, 5.74) is -0.469. The summed E-state index contributed by atoms with van der Waals surface area (Å²) in [6, 6.07) is 6.28. The van der Waals surface area contributed by atoms with Crippen LogP contribution in [-0.4, -0.2) is 23.8 Å². The van der Waals surface area contributed by atoms with Gasteiger partial charge in [0.15, 0.2) is 0 Å². The van der Waals surface area contributed by atoms with E-state index in [1.807, 2.05) is 0 Å². The van der Waals surface area contributed by atoms with Crippen molar-refractivity contribution in [1.29, 1.82) is 5.41 Å². The van der Waals surface area contributed by atoms with Crippen LogP contribution in [0.1, 0.15) is 18.4 Å². The van der Waals surface area contributed by atoms with Gasteiger partial charge in [0, 0.05) is 11.8 Å². The average Bonchev–Trinajstić information content (AvgIpc) is 3.28. The van der Waals surface area contributed by atoms with E-state index >= 15 is 0 Å². The number of hydrogen-bond acceptors (Lipinski definition) is 6. The van der Waals surface area contributed by atoms with Gasteiger partial charge in [-0.3, -0.25) is 10.2 Å². The average molecular weight is 360 g/mol. The molecular formula is C17H17FN4O2S. The Morgan fingerprint density at radius 1 is 1.44 bits per heavy atom. The molecule has 1 heterocycles. The van der Waals surface area contributed by atoms with E-state index in [0.29, 0.717) is 23.6 Å². The van der Waals surface area contributed by atoms with Gasteiger partial charge in [0.2, 0.25) is 5.91 Å². The first kappa shape index (κ1) is 17.1. The number of anilines is 1. The van der Waals surface area contributed by atoms with Crippen molar-refractivity contribution in [1.82, 2.24) is 10.3 Å². The topological polar surface area (TPSA) is 87.1 Å². The molecule has 1 aromatic heterocycles. The zero-order valence-corrected chi connectivity index (χ0v) is 14.3. The van der Waals surface area contributed by atoms with Crippen LogP contribution in [0.3, 0.4) is 0 Å². The standard InChI is InChI=1S/C17H17FN4O2S/c1-24-16-21-10-14(25-16)20-9-6-13(19)22-15(23)17(7-8-17)11-4-2-3-5-12(11)18/h2-6,9-10,20H,7-8H2,1H3,(H2,19,22,23)/b9-6-. The quantitative estimate of drug-likeness (QED) is 0.546. The molecule has 0 radical (unpaired) electrons. The number of benzene rings is 1. The Morgan fingerprint density at radius 3 is 2.84 bits per heavy atom. The fourth-order valence-electron chi connectivity index (χ4n) is 2.50. The van der Waals surface area contributed by atoms with Crippen molar-refractivity contribution < 1.29 is 13.9 Å². The lowest BCUT2D eigenvalue weighted by Crippen LogP contribution is -2.38. The Kier molecular flexibility index (Phi) is 4.80. The maximum absolute atomic E-state index is 14.0. The molecule has 1 amide bonds. The third-order valence-electron chi connectivity index (χ3n) is 3.96. The van der Waals surface area contributed by atoms with E-state index in [1.54, 1.807) is 24.4 Å². The van der Waals surface area contributed by atoms with Gasteiger partial charge in [-0.2, -0.15) is 0 Å². The number of halogens is 1. The molecule has 0 bridgehead atoms. The van der Waals surface area contributed by atoms with Crippen LogP contribution < -0.4 is 15.4 Å². The molecule has 1 aromatic carbocycles. The van der Waals surface area contributed by atoms with E-state index in [9.17, 15) is 9.18 Å². The Labute approximate surface area is 148 Å². The maximum atomic E-state index is 14.0. The number of carbonyl (C=O) groups excluding carboxylic acids is 1. The van der Waals surface area contributed by atoms with E-state index in [-0.39, 0.29) is 11.7 Å². The highest BCUT2D eigenvalue weighted by molar-refractivity contribution is 7.17. The minimum atomic E-state index is -0.857. The Balaban J connectivity index is 1.58. The van der Waals surface area contributed by atoms with Gasteiger partial charge >= 0.3 is 0 Å². The second-order valence-corrected chi connectivity index (χ2v) is 6.60. The number of amidine groups is 1. The van der Waals surface area contributed by atoms with Crippen LogP contribution in [0.25, 0.3) is 0 Å². The Bertz CT molecular complexity index is 830. The highest BCUT2D eigenvalue weighted by Crippen LogP contribution is 2.49. The summed E-state index contributed by atoms with van der Waals surface area (Å²) in [4.78, 5) is 16.5. The molecule has 0 saturated heterocycles. The molecule has 1 aliphatic rings. The molecular weight excluding hydrogens is 343 g/mol. The molecule has 1 fully saturated rings. The summed E-state index contributed by atoms with van der Waals surface area (Å²) in [5, 5.41) is 14.6. The number of aromatic nitrogens is 1. The highest BCUT2D eigenvalue weighted by atomic mass is 32.1. The van der Waals surface area contributed by atoms with Gasteiger partial charge in [-0.15, -0.1) is 0 Å². The van der Waals surface area contributed by atoms with E-state index in [2.05, 4.69) is 15.6 Å². The van der Waals surface area contributed by atoms with Gasteiger partial charge < -0.3 is 15.4 Å². The van der Waals surface area contributed by atoms with Gasteiger partial charge in [0.05, 0.1) is 18.7 Å². The van der Waals surface area contributed by atoms with E-state index in [4.69, 9.17) is 10.1 Å². The molecule has 1 aliphatic carbocycles. The third kappa shape index (κ3) is 3.69. The molecule has 3 rings (SSSR count). The number of amides is 1. The monoisotopic (exact) mass is 360 g/mol. The summed E-state index contributed by atoms with van der Waals surface area (Å²) in [7, 11) is 1.53. The maximum Gasteiger partial charge on any atom is 0.274 e. The van der Waals surface area contributed by atoms with Crippen LogP contribution in [0.4, 0.5) is 9.39 Å². The van der Waals surface area contributed by atoms with Crippen LogP contribution in [0.15, 0.2) is 42.7 Å². The third-order valence-corrected chi connectivity index (χ3v) is 4.85. The highest BCUT2D eigenvalue weighted by Gasteiger charge is 2.52. The number of nitrogens with one attached hydrogen (secondary N) is 3. The molecule has 6 nitrogen and oxygen atoms in total. The minimum absolute atomic E-state index is 0.0726. The molecule has 130 valence electrons. The molecule has 0 atom stereocenters. The molecule has 0 unspecified atom stereocenters. The van der Waals surface area contributed by atoms with Crippen LogP contribution >= 0.6 is 11.3 Å². The summed E-state index contributed by atoms with van der Waals surface area (Å²) in [5.74, 6) is -0.818. The molecule has 0 aliphatic heterocycles. The minimum Gasteiger partial charge on any atom is -0.473 e. The van der Waals surface area contributed by atoms with Gasteiger partial charge in [-0.25, -0.2) is 9.37 Å². The van der Waals surface area contributed by atoms with Gasteiger partial charge in [-0.1, -0.05) is 29.5 Å². The predicted octanol–water partition coefficient (Wildman–Crippen LogP) is 3.04. The zero-order chi connectivity index (χ0) is 17.9. The second-order valence-electron chi connectivity index (χ2n) is 5.60. The van der Waals surface area contributed by atoms with Crippen LogP contribution in [-0.2, 0) is 10.2 Å². The largest absolute Gasteiger partial charge is 0.473 e. The SMILES string of the molecule is COc1ncc(N/C=C\C(=N)NC(=O)C2(c3ccccc3F)CC2)s1. The summed E-state index contributed by atoms with van der Waals surface area (Å²) in [6.45, 7) is 0. The molecule has 25 heavy (non-hydrogen) atoms. The number of rotatable bonds is 6. The van der Waals surface area contributed by atoms with Gasteiger partial charge in [0.25, 0.3) is 5.19 Å².